The molecule has 1 saturated carbocycles. The predicted octanol–water partition coefficient (Wildman–Crippen LogP) is 4.23. The smallest absolute Gasteiger partial charge is 0.149 e. The van der Waals surface area contributed by atoms with Gasteiger partial charge >= 0.3 is 0 Å². The van der Waals surface area contributed by atoms with Crippen LogP contribution in [0.3, 0.4) is 0 Å². The third-order valence-electron chi connectivity index (χ3n) is 4.23. The minimum atomic E-state index is -0.433. The zero-order valence-corrected chi connectivity index (χ0v) is 13.1. The summed E-state index contributed by atoms with van der Waals surface area (Å²) in [6.07, 6.45) is 5.39. The Hall–Kier alpha value is -1.16. The maximum Gasteiger partial charge on any atom is 0.149 e. The van der Waals surface area contributed by atoms with Crippen LogP contribution in [0, 0.1) is 11.6 Å². The van der Waals surface area contributed by atoms with Crippen molar-refractivity contribution in [2.75, 3.05) is 18.0 Å². The standard InChI is InChI=1S/C17H26F2N2/c1-3-9-20-12-13-10-15(18)17(16(19)11-13)21(4-2)14-7-5-6-8-14/h10-11,14,20H,3-9,12H2,1-2H3. The van der Waals surface area contributed by atoms with E-state index in [1.54, 1.807) is 0 Å². The van der Waals surface area contributed by atoms with E-state index in [9.17, 15) is 8.78 Å². The summed E-state index contributed by atoms with van der Waals surface area (Å²) in [7, 11) is 0. The normalized spacial score (nSPS) is 15.6. The first-order valence-electron chi connectivity index (χ1n) is 8.12. The van der Waals surface area contributed by atoms with E-state index in [1.807, 2.05) is 11.8 Å². The minimum absolute atomic E-state index is 0.156. The third-order valence-corrected chi connectivity index (χ3v) is 4.23. The Morgan fingerprint density at radius 1 is 1.14 bits per heavy atom. The van der Waals surface area contributed by atoms with Crippen LogP contribution >= 0.6 is 0 Å². The van der Waals surface area contributed by atoms with Gasteiger partial charge in [0, 0.05) is 19.1 Å². The van der Waals surface area contributed by atoms with Gasteiger partial charge in [0.05, 0.1) is 0 Å². The van der Waals surface area contributed by atoms with E-state index in [1.165, 1.54) is 12.1 Å². The van der Waals surface area contributed by atoms with Crippen molar-refractivity contribution in [1.29, 1.82) is 0 Å². The fourth-order valence-corrected chi connectivity index (χ4v) is 3.22. The largest absolute Gasteiger partial charge is 0.364 e. The minimum Gasteiger partial charge on any atom is -0.364 e. The average molecular weight is 296 g/mol. The molecule has 1 aliphatic rings. The van der Waals surface area contributed by atoms with Crippen LogP contribution in [0.4, 0.5) is 14.5 Å². The van der Waals surface area contributed by atoms with E-state index in [0.717, 1.165) is 38.6 Å². The van der Waals surface area contributed by atoms with Crippen LogP contribution in [-0.2, 0) is 6.54 Å². The van der Waals surface area contributed by atoms with Crippen molar-refractivity contribution in [3.05, 3.63) is 29.3 Å². The average Bonchev–Trinajstić information content (AvgIpc) is 2.97. The second-order valence-corrected chi connectivity index (χ2v) is 5.81. The Kier molecular flexibility index (Phi) is 5.97. The van der Waals surface area contributed by atoms with Crippen LogP contribution in [0.15, 0.2) is 12.1 Å². The molecule has 0 heterocycles. The summed E-state index contributed by atoms with van der Waals surface area (Å²) >= 11 is 0. The Bertz CT molecular complexity index is 433. The molecular weight excluding hydrogens is 270 g/mol. The SMILES string of the molecule is CCCNCc1cc(F)c(N(CC)C2CCCC2)c(F)c1. The summed E-state index contributed by atoms with van der Waals surface area (Å²) in [6, 6.07) is 3.22. The second-order valence-electron chi connectivity index (χ2n) is 5.81. The lowest BCUT2D eigenvalue weighted by molar-refractivity contribution is 0.537. The van der Waals surface area contributed by atoms with Gasteiger partial charge in [-0.25, -0.2) is 8.78 Å². The van der Waals surface area contributed by atoms with Gasteiger partial charge in [-0.1, -0.05) is 19.8 Å². The maximum atomic E-state index is 14.4. The van der Waals surface area contributed by atoms with E-state index >= 15 is 0 Å². The van der Waals surface area contributed by atoms with Gasteiger partial charge in [0.2, 0.25) is 0 Å². The lowest BCUT2D eigenvalue weighted by Crippen LogP contribution is -2.34. The first-order valence-corrected chi connectivity index (χ1v) is 8.12. The van der Waals surface area contributed by atoms with Gasteiger partial charge in [-0.3, -0.25) is 0 Å². The molecule has 0 atom stereocenters. The van der Waals surface area contributed by atoms with Gasteiger partial charge < -0.3 is 10.2 Å². The van der Waals surface area contributed by atoms with Crippen molar-refractivity contribution in [3.8, 4) is 0 Å². The van der Waals surface area contributed by atoms with Crippen LogP contribution in [-0.4, -0.2) is 19.1 Å². The highest BCUT2D eigenvalue weighted by Gasteiger charge is 2.26. The van der Waals surface area contributed by atoms with Crippen LogP contribution in [0.25, 0.3) is 0 Å². The number of hydrogen-bond acceptors (Lipinski definition) is 2. The molecule has 4 heteroatoms. The molecule has 1 N–H and O–H groups in total. The molecule has 1 aromatic rings. The second kappa shape index (κ2) is 7.74. The Morgan fingerprint density at radius 3 is 2.29 bits per heavy atom. The molecule has 118 valence electrons. The number of hydrogen-bond donors (Lipinski definition) is 1. The van der Waals surface area contributed by atoms with Crippen LogP contribution in [0.1, 0.15) is 51.5 Å². The Morgan fingerprint density at radius 2 is 1.76 bits per heavy atom. The van der Waals surface area contributed by atoms with Gasteiger partial charge in [0.25, 0.3) is 0 Å². The number of rotatable bonds is 7. The predicted molar refractivity (Wildman–Crippen MR) is 83.6 cm³/mol. The molecular formula is C17H26F2N2. The number of benzene rings is 1. The molecule has 1 fully saturated rings. The number of nitrogens with zero attached hydrogens (tertiary/aromatic N) is 1. The van der Waals surface area contributed by atoms with Gasteiger partial charge in [-0.2, -0.15) is 0 Å². The molecule has 0 radical (unpaired) electrons. The van der Waals surface area contributed by atoms with E-state index in [4.69, 9.17) is 0 Å². The molecule has 0 unspecified atom stereocenters. The van der Waals surface area contributed by atoms with E-state index < -0.39 is 11.6 Å². The van der Waals surface area contributed by atoms with Gasteiger partial charge in [0.15, 0.2) is 0 Å². The van der Waals surface area contributed by atoms with Crippen molar-refractivity contribution in [1.82, 2.24) is 5.32 Å². The monoisotopic (exact) mass is 296 g/mol. The zero-order valence-electron chi connectivity index (χ0n) is 13.1. The molecule has 0 bridgehead atoms. The van der Waals surface area contributed by atoms with E-state index in [2.05, 4.69) is 12.2 Å². The van der Waals surface area contributed by atoms with Crippen molar-refractivity contribution in [2.45, 2.75) is 58.5 Å². The first-order chi connectivity index (χ1) is 10.2. The van der Waals surface area contributed by atoms with Crippen LogP contribution in [0.5, 0.6) is 0 Å². The topological polar surface area (TPSA) is 15.3 Å². The molecule has 0 aliphatic heterocycles. The van der Waals surface area contributed by atoms with Crippen molar-refractivity contribution in [3.63, 3.8) is 0 Å². The number of halogens is 2. The lowest BCUT2D eigenvalue weighted by atomic mass is 10.1. The van der Waals surface area contributed by atoms with Crippen LogP contribution < -0.4 is 10.2 Å². The molecule has 2 nitrogen and oxygen atoms in total. The quantitative estimate of drug-likeness (QED) is 0.757. The molecule has 1 aliphatic carbocycles. The molecule has 2 rings (SSSR count). The summed E-state index contributed by atoms with van der Waals surface area (Å²) in [4.78, 5) is 1.90. The first kappa shape index (κ1) is 16.2. The van der Waals surface area contributed by atoms with Crippen molar-refractivity contribution in [2.24, 2.45) is 0 Å². The van der Waals surface area contributed by atoms with Crippen LogP contribution in [0.2, 0.25) is 0 Å². The molecule has 0 amide bonds. The summed E-state index contributed by atoms with van der Waals surface area (Å²) in [5, 5.41) is 3.18. The molecule has 0 saturated heterocycles. The van der Waals surface area contributed by atoms with E-state index in [-0.39, 0.29) is 11.7 Å². The summed E-state index contributed by atoms with van der Waals surface area (Å²) in [5.74, 6) is -0.867. The molecule has 1 aromatic carbocycles. The number of nitrogens with one attached hydrogen (secondary N) is 1. The van der Waals surface area contributed by atoms with Gasteiger partial charge in [-0.05, 0) is 50.4 Å². The maximum absolute atomic E-state index is 14.4. The molecule has 0 aromatic heterocycles. The Labute approximate surface area is 126 Å². The fraction of sp³-hybridized carbons (Fsp3) is 0.647. The van der Waals surface area contributed by atoms with Crippen molar-refractivity contribution >= 4 is 5.69 Å². The van der Waals surface area contributed by atoms with Gasteiger partial charge in [-0.15, -0.1) is 0 Å². The summed E-state index contributed by atoms with van der Waals surface area (Å²) < 4.78 is 28.8. The Balaban J connectivity index is 2.18. The molecule has 0 spiro atoms. The molecule has 21 heavy (non-hydrogen) atoms. The lowest BCUT2D eigenvalue weighted by Gasteiger charge is -2.30. The highest BCUT2D eigenvalue weighted by molar-refractivity contribution is 5.51. The number of anilines is 1. The zero-order chi connectivity index (χ0) is 15.2. The van der Waals surface area contributed by atoms with Gasteiger partial charge in [0.1, 0.15) is 17.3 Å². The highest BCUT2D eigenvalue weighted by Crippen LogP contribution is 2.32. The van der Waals surface area contributed by atoms with Crippen molar-refractivity contribution < 1.29 is 8.78 Å². The highest BCUT2D eigenvalue weighted by atomic mass is 19.1. The third kappa shape index (κ3) is 3.94. The fourth-order valence-electron chi connectivity index (χ4n) is 3.22. The summed E-state index contributed by atoms with van der Waals surface area (Å²) in [6.45, 7) is 6.05. The van der Waals surface area contributed by atoms with E-state index in [0.29, 0.717) is 18.7 Å². The summed E-state index contributed by atoms with van der Waals surface area (Å²) in [5.41, 5.74) is 0.827.